The molecule has 3 heterocycles. The molecule has 1 unspecified atom stereocenters. The predicted molar refractivity (Wildman–Crippen MR) is 148 cm³/mol. The Kier molecular flexibility index (Phi) is 7.96. The molecule has 210 valence electrons. The van der Waals surface area contributed by atoms with Gasteiger partial charge in [-0.3, -0.25) is 14.5 Å². The molecule has 0 radical (unpaired) electrons. The van der Waals surface area contributed by atoms with Crippen LogP contribution in [0.2, 0.25) is 0 Å². The van der Waals surface area contributed by atoms with E-state index in [-0.39, 0.29) is 52.1 Å². The highest BCUT2D eigenvalue weighted by Crippen LogP contribution is 2.25. The number of nitrogens with zero attached hydrogens (tertiary/aromatic N) is 5. The molecule has 3 aromatic rings. The lowest BCUT2D eigenvalue weighted by Crippen LogP contribution is -2.39. The van der Waals surface area contributed by atoms with Crippen LogP contribution in [0.4, 0.5) is 22.1 Å². The maximum Gasteiger partial charge on any atom is 0.415 e. The third-order valence-electron chi connectivity index (χ3n) is 6.48. The monoisotopic (exact) mass is 539 g/mol. The number of aliphatic hydroxyl groups is 1. The number of nitrogens with one attached hydrogen (secondary N) is 2. The molecule has 12 nitrogen and oxygen atoms in total. The molecule has 0 aliphatic heterocycles. The summed E-state index contributed by atoms with van der Waals surface area (Å²) >= 11 is 0. The molecule has 0 bridgehead atoms. The van der Waals surface area contributed by atoms with Crippen LogP contribution in [0.1, 0.15) is 76.7 Å². The average molecular weight is 540 g/mol. The number of anilines is 3. The Morgan fingerprint density at radius 3 is 2.67 bits per heavy atom. The van der Waals surface area contributed by atoms with Crippen molar-refractivity contribution in [1.82, 2.24) is 24.5 Å². The fraction of sp³-hybridized carbons (Fsp3) is 0.519. The number of ether oxygens (including phenoxy) is 1. The zero-order valence-corrected chi connectivity index (χ0v) is 23.3. The van der Waals surface area contributed by atoms with Crippen molar-refractivity contribution >= 4 is 35.0 Å². The number of aliphatic hydroxyl groups excluding tert-OH is 1. The molecule has 4 rings (SSSR count). The Labute approximate surface area is 227 Å². The van der Waals surface area contributed by atoms with E-state index in [4.69, 9.17) is 4.74 Å². The Hall–Kier alpha value is -3.93. The number of amides is 2. The van der Waals surface area contributed by atoms with Crippen LogP contribution in [0.15, 0.2) is 35.4 Å². The molecular weight excluding hydrogens is 502 g/mol. The molecule has 1 aliphatic carbocycles. The summed E-state index contributed by atoms with van der Waals surface area (Å²) in [4.78, 5) is 45.1. The lowest BCUT2D eigenvalue weighted by molar-refractivity contribution is 0.0587. The fourth-order valence-electron chi connectivity index (χ4n) is 4.54. The van der Waals surface area contributed by atoms with E-state index >= 15 is 0 Å². The van der Waals surface area contributed by atoms with E-state index in [0.29, 0.717) is 6.42 Å². The summed E-state index contributed by atoms with van der Waals surface area (Å²) in [7, 11) is 1.53. The standard InChI is InChI=1S/C27H37N7O5/c1-16(2)33-12-8-11-20(25(33)37)30-21-14-22(32(6)26(38)39-27(3,4)5)34-23(31-21)19(15-28-34)24(36)29-17-9-7-10-18(35)13-17/h8,11-12,14-18,35H,7,9-10,13H2,1-6H3,(H,29,36)(H,30,31)/t17?,18-/m0/s1. The summed E-state index contributed by atoms with van der Waals surface area (Å²) in [6.45, 7) is 9.11. The van der Waals surface area contributed by atoms with Gasteiger partial charge in [-0.2, -0.15) is 9.61 Å². The molecule has 0 spiro atoms. The molecule has 1 fully saturated rings. The van der Waals surface area contributed by atoms with Gasteiger partial charge >= 0.3 is 6.09 Å². The molecule has 2 amide bonds. The third kappa shape index (κ3) is 6.39. The summed E-state index contributed by atoms with van der Waals surface area (Å²) in [5.74, 6) is 0.139. The second kappa shape index (κ2) is 11.0. The molecule has 3 aromatic heterocycles. The normalized spacial score (nSPS) is 17.7. The molecule has 2 atom stereocenters. The molecule has 0 saturated heterocycles. The second-order valence-electron chi connectivity index (χ2n) is 11.2. The first kappa shape index (κ1) is 28.1. The van der Waals surface area contributed by atoms with Crippen LogP contribution in [0.3, 0.4) is 0 Å². The van der Waals surface area contributed by atoms with Gasteiger partial charge in [-0.25, -0.2) is 9.78 Å². The van der Waals surface area contributed by atoms with Gasteiger partial charge in [0.1, 0.15) is 28.5 Å². The van der Waals surface area contributed by atoms with Crippen molar-refractivity contribution in [3.63, 3.8) is 0 Å². The van der Waals surface area contributed by atoms with Crippen LogP contribution in [0, 0.1) is 0 Å². The van der Waals surface area contributed by atoms with Gasteiger partial charge in [0, 0.05) is 31.4 Å². The molecular formula is C27H37N7O5. The van der Waals surface area contributed by atoms with Crippen LogP contribution in [-0.4, -0.2) is 61.1 Å². The summed E-state index contributed by atoms with van der Waals surface area (Å²) in [6.07, 6.45) is 4.82. The highest BCUT2D eigenvalue weighted by atomic mass is 16.6. The van der Waals surface area contributed by atoms with Crippen molar-refractivity contribution in [3.8, 4) is 0 Å². The fourth-order valence-corrected chi connectivity index (χ4v) is 4.54. The van der Waals surface area contributed by atoms with E-state index in [0.717, 1.165) is 19.3 Å². The highest BCUT2D eigenvalue weighted by molar-refractivity contribution is 6.00. The molecule has 3 N–H and O–H groups in total. The van der Waals surface area contributed by atoms with Gasteiger partial charge in [0.2, 0.25) is 0 Å². The van der Waals surface area contributed by atoms with Crippen molar-refractivity contribution in [3.05, 3.63) is 46.5 Å². The van der Waals surface area contributed by atoms with Gasteiger partial charge < -0.3 is 25.0 Å². The molecule has 1 saturated carbocycles. The lowest BCUT2D eigenvalue weighted by Gasteiger charge is -2.26. The Bertz CT molecular complexity index is 1420. The van der Waals surface area contributed by atoms with Crippen LogP contribution < -0.4 is 21.1 Å². The summed E-state index contributed by atoms with van der Waals surface area (Å²) < 4.78 is 8.51. The second-order valence-corrected chi connectivity index (χ2v) is 11.2. The highest BCUT2D eigenvalue weighted by Gasteiger charge is 2.27. The first-order valence-corrected chi connectivity index (χ1v) is 13.2. The summed E-state index contributed by atoms with van der Waals surface area (Å²) in [5, 5.41) is 20.4. The number of pyridine rings is 1. The van der Waals surface area contributed by atoms with Crippen LogP contribution >= 0.6 is 0 Å². The van der Waals surface area contributed by atoms with Gasteiger partial charge in [0.25, 0.3) is 11.5 Å². The smallest absolute Gasteiger partial charge is 0.415 e. The number of fused-ring (bicyclic) bond motifs is 1. The van der Waals surface area contributed by atoms with Gasteiger partial charge in [0.15, 0.2) is 5.65 Å². The first-order valence-electron chi connectivity index (χ1n) is 13.2. The zero-order valence-electron chi connectivity index (χ0n) is 23.3. The lowest BCUT2D eigenvalue weighted by atomic mass is 9.93. The van der Waals surface area contributed by atoms with Crippen molar-refractivity contribution < 1.29 is 19.4 Å². The maximum absolute atomic E-state index is 13.3. The molecule has 1 aliphatic rings. The third-order valence-corrected chi connectivity index (χ3v) is 6.48. The van der Waals surface area contributed by atoms with E-state index in [1.54, 1.807) is 49.7 Å². The van der Waals surface area contributed by atoms with E-state index in [1.165, 1.54) is 22.7 Å². The average Bonchev–Trinajstić information content (AvgIpc) is 3.27. The minimum Gasteiger partial charge on any atom is -0.443 e. The van der Waals surface area contributed by atoms with E-state index in [1.807, 2.05) is 13.8 Å². The topological polar surface area (TPSA) is 143 Å². The molecule has 12 heteroatoms. The Morgan fingerprint density at radius 2 is 2.00 bits per heavy atom. The molecule has 39 heavy (non-hydrogen) atoms. The van der Waals surface area contributed by atoms with Crippen LogP contribution in [-0.2, 0) is 4.74 Å². The predicted octanol–water partition coefficient (Wildman–Crippen LogP) is 3.62. The van der Waals surface area contributed by atoms with Gasteiger partial charge in [0.05, 0.1) is 12.3 Å². The quantitative estimate of drug-likeness (QED) is 0.431. The number of hydrogen-bond acceptors (Lipinski definition) is 8. The van der Waals surface area contributed by atoms with Crippen molar-refractivity contribution in [2.75, 3.05) is 17.3 Å². The largest absolute Gasteiger partial charge is 0.443 e. The number of carbonyl (C=O) groups excluding carboxylic acids is 2. The number of hydrogen-bond donors (Lipinski definition) is 3. The summed E-state index contributed by atoms with van der Waals surface area (Å²) in [6, 6.07) is 4.75. The van der Waals surface area contributed by atoms with Crippen molar-refractivity contribution in [2.24, 2.45) is 0 Å². The minimum atomic E-state index is -0.732. The van der Waals surface area contributed by atoms with E-state index in [2.05, 4.69) is 20.7 Å². The van der Waals surface area contributed by atoms with Crippen molar-refractivity contribution in [1.29, 1.82) is 0 Å². The van der Waals surface area contributed by atoms with Gasteiger partial charge in [-0.05, 0) is 72.4 Å². The molecule has 0 aromatic carbocycles. The number of aromatic nitrogens is 4. The maximum atomic E-state index is 13.3. The van der Waals surface area contributed by atoms with Crippen molar-refractivity contribution in [2.45, 2.75) is 84.1 Å². The Balaban J connectivity index is 1.76. The SMILES string of the molecule is CC(C)n1cccc(Nc2cc(N(C)C(=O)OC(C)(C)C)n3ncc(C(=O)NC4CCC[C@H](O)C4)c3n2)c1=O. The first-order chi connectivity index (χ1) is 18.3. The van der Waals surface area contributed by atoms with Crippen LogP contribution in [0.25, 0.3) is 5.65 Å². The number of carbonyl (C=O) groups is 2. The minimum absolute atomic E-state index is 0.0491. The van der Waals surface area contributed by atoms with E-state index < -0.39 is 17.8 Å². The Morgan fingerprint density at radius 1 is 1.26 bits per heavy atom. The van der Waals surface area contributed by atoms with Gasteiger partial charge in [-0.1, -0.05) is 0 Å². The zero-order chi connectivity index (χ0) is 28.5. The van der Waals surface area contributed by atoms with Gasteiger partial charge in [-0.15, -0.1) is 0 Å². The summed E-state index contributed by atoms with van der Waals surface area (Å²) in [5.41, 5.74) is -0.289. The van der Waals surface area contributed by atoms with Crippen LogP contribution in [0.5, 0.6) is 0 Å². The number of rotatable bonds is 6. The van der Waals surface area contributed by atoms with E-state index in [9.17, 15) is 19.5 Å².